The molecule has 2 aromatic carbocycles. The number of rotatable bonds is 11. The molecule has 0 aliphatic heterocycles. The third kappa shape index (κ3) is 8.20. The van der Waals surface area contributed by atoms with E-state index in [0.29, 0.717) is 22.8 Å². The van der Waals surface area contributed by atoms with Gasteiger partial charge < -0.3 is 29.6 Å². The molecule has 3 rings (SSSR count). The van der Waals surface area contributed by atoms with Gasteiger partial charge in [-0.25, -0.2) is 18.2 Å². The van der Waals surface area contributed by atoms with Crippen LogP contribution in [0.3, 0.4) is 0 Å². The molecule has 1 heterocycles. The van der Waals surface area contributed by atoms with E-state index in [-0.39, 0.29) is 30.0 Å². The Morgan fingerprint density at radius 3 is 2.44 bits per heavy atom. The van der Waals surface area contributed by atoms with E-state index >= 15 is 0 Å². The first-order valence-corrected chi connectivity index (χ1v) is 13.4. The first-order chi connectivity index (χ1) is 18.3. The van der Waals surface area contributed by atoms with Crippen LogP contribution in [0.25, 0.3) is 11.3 Å². The Morgan fingerprint density at radius 1 is 1.08 bits per heavy atom. The molecule has 14 heteroatoms. The molecule has 0 fully saturated rings. The van der Waals surface area contributed by atoms with Gasteiger partial charge in [0.05, 0.1) is 43.0 Å². The van der Waals surface area contributed by atoms with Crippen LogP contribution in [0.2, 0.25) is 0 Å². The molecule has 208 valence electrons. The lowest BCUT2D eigenvalue weighted by molar-refractivity contribution is -0.137. The van der Waals surface area contributed by atoms with Crippen LogP contribution >= 0.6 is 0 Å². The number of methoxy groups -OCH3 is 1. The number of carboxylic acid groups (broad SMARTS) is 1. The highest BCUT2D eigenvalue weighted by atomic mass is 32.2. The monoisotopic (exact) mass is 560 g/mol. The van der Waals surface area contributed by atoms with Crippen LogP contribution in [0.1, 0.15) is 30.6 Å². The van der Waals surface area contributed by atoms with E-state index < -0.39 is 33.3 Å². The number of hydrogen-bond donors (Lipinski definition) is 4. The molecule has 1 aromatic heterocycles. The van der Waals surface area contributed by atoms with Crippen molar-refractivity contribution in [1.29, 1.82) is 0 Å². The number of oxazole rings is 1. The highest BCUT2D eigenvalue weighted by Crippen LogP contribution is 2.32. The van der Waals surface area contributed by atoms with E-state index in [2.05, 4.69) is 20.3 Å². The Labute approximate surface area is 224 Å². The van der Waals surface area contributed by atoms with E-state index in [1.165, 1.54) is 31.8 Å². The second kappa shape index (κ2) is 11.9. The molecule has 2 amide bonds. The van der Waals surface area contributed by atoms with Crippen LogP contribution in [0.4, 0.5) is 11.4 Å². The van der Waals surface area contributed by atoms with Gasteiger partial charge >= 0.3 is 17.8 Å². The molecule has 0 unspecified atom stereocenters. The number of aromatic carboxylic acids is 1. The van der Waals surface area contributed by atoms with E-state index in [1.807, 2.05) is 0 Å². The number of nitrogens with one attached hydrogen (secondary N) is 3. The lowest BCUT2D eigenvalue weighted by Gasteiger charge is -2.26. The van der Waals surface area contributed by atoms with Gasteiger partial charge in [0.2, 0.25) is 10.0 Å². The highest BCUT2D eigenvalue weighted by molar-refractivity contribution is 7.92. The van der Waals surface area contributed by atoms with E-state index in [0.717, 1.165) is 12.3 Å². The number of anilines is 2. The second-order valence-electron chi connectivity index (χ2n) is 9.06. The second-order valence-corrected chi connectivity index (χ2v) is 10.8. The number of nitrogens with zero attached hydrogens (tertiary/aromatic N) is 1. The fourth-order valence-corrected chi connectivity index (χ4v) is 3.98. The Kier molecular flexibility index (Phi) is 8.81. The average Bonchev–Trinajstić information content (AvgIpc) is 3.38. The predicted octanol–water partition coefficient (Wildman–Crippen LogP) is 2.72. The summed E-state index contributed by atoms with van der Waals surface area (Å²) in [7, 11) is -2.25. The van der Waals surface area contributed by atoms with E-state index in [1.54, 1.807) is 32.0 Å². The summed E-state index contributed by atoms with van der Waals surface area (Å²) in [6.45, 7) is 3.37. The van der Waals surface area contributed by atoms with Gasteiger partial charge in [0, 0.05) is 23.7 Å². The van der Waals surface area contributed by atoms with Crippen LogP contribution in [0.5, 0.6) is 11.5 Å². The number of benzene rings is 2. The quantitative estimate of drug-likeness (QED) is 0.254. The van der Waals surface area contributed by atoms with Crippen molar-refractivity contribution in [1.82, 2.24) is 10.3 Å². The summed E-state index contributed by atoms with van der Waals surface area (Å²) in [5.74, 6) is -2.03. The summed E-state index contributed by atoms with van der Waals surface area (Å²) in [5, 5.41) is 14.3. The number of carbonyl (C=O) groups is 3. The molecule has 0 saturated heterocycles. The summed E-state index contributed by atoms with van der Waals surface area (Å²) in [4.78, 5) is 40.2. The fourth-order valence-electron chi connectivity index (χ4n) is 3.42. The molecule has 13 nitrogen and oxygen atoms in total. The molecule has 0 spiro atoms. The lowest BCUT2D eigenvalue weighted by atomic mass is 10.0. The fraction of sp³-hybridized carbons (Fsp3) is 0.280. The number of carbonyl (C=O) groups excluding carboxylic acids is 2. The summed E-state index contributed by atoms with van der Waals surface area (Å²) in [6.07, 6.45) is 3.95. The van der Waals surface area contributed by atoms with Crippen molar-refractivity contribution >= 4 is 39.2 Å². The van der Waals surface area contributed by atoms with Crippen LogP contribution in [0, 0.1) is 0 Å². The number of amides is 2. The first-order valence-electron chi connectivity index (χ1n) is 11.5. The molecule has 0 atom stereocenters. The Hall–Kier alpha value is -4.59. The van der Waals surface area contributed by atoms with Crippen LogP contribution in [0.15, 0.2) is 53.4 Å². The minimum atomic E-state index is -3.70. The van der Waals surface area contributed by atoms with Crippen molar-refractivity contribution in [2.75, 3.05) is 30.0 Å². The Bertz CT molecular complexity index is 1470. The minimum Gasteiger partial charge on any atom is -0.496 e. The summed E-state index contributed by atoms with van der Waals surface area (Å²) in [6, 6.07) is 8.53. The summed E-state index contributed by atoms with van der Waals surface area (Å²) in [5.41, 5.74) is -0.118. The predicted molar refractivity (Wildman–Crippen MR) is 141 cm³/mol. The van der Waals surface area contributed by atoms with Gasteiger partial charge in [0.25, 0.3) is 0 Å². The largest absolute Gasteiger partial charge is 0.496 e. The van der Waals surface area contributed by atoms with E-state index in [4.69, 9.17) is 13.9 Å². The smallest absolute Gasteiger partial charge is 0.335 e. The molecule has 3 aromatic rings. The maximum absolute atomic E-state index is 12.6. The standard InChI is InChI=1S/C25H28N4O9S/c1-25(2,9-10-37-19-8-5-15(24(32)33)11-18(19)29-39(4,34)35)28-23(31)22(30)27-16-6-7-17(20(12-16)36-3)21-13-26-14-38-21/h5-8,11-14,29H,9-10H2,1-4H3,(H,27,30)(H,28,31)(H,32,33). The van der Waals surface area contributed by atoms with Gasteiger partial charge in [-0.15, -0.1) is 0 Å². The Balaban J connectivity index is 1.60. The third-order valence-corrected chi connectivity index (χ3v) is 5.91. The number of carboxylic acids is 1. The molecule has 0 aliphatic rings. The van der Waals surface area contributed by atoms with Gasteiger partial charge in [-0.05, 0) is 44.2 Å². The van der Waals surface area contributed by atoms with Crippen molar-refractivity contribution in [3.63, 3.8) is 0 Å². The van der Waals surface area contributed by atoms with Crippen molar-refractivity contribution in [2.45, 2.75) is 25.8 Å². The molecule has 0 saturated carbocycles. The highest BCUT2D eigenvalue weighted by Gasteiger charge is 2.25. The number of sulfonamides is 1. The minimum absolute atomic E-state index is 0.0139. The SMILES string of the molecule is COc1cc(NC(=O)C(=O)NC(C)(C)CCOc2ccc(C(=O)O)cc2NS(C)(=O)=O)ccc1-c1cnco1. The third-order valence-electron chi connectivity index (χ3n) is 5.32. The van der Waals surface area contributed by atoms with Gasteiger partial charge in [-0.3, -0.25) is 14.3 Å². The van der Waals surface area contributed by atoms with E-state index in [9.17, 15) is 27.9 Å². The molecule has 4 N–H and O–H groups in total. The first kappa shape index (κ1) is 29.0. The number of aromatic nitrogens is 1. The van der Waals surface area contributed by atoms with Gasteiger partial charge in [0.15, 0.2) is 12.2 Å². The van der Waals surface area contributed by atoms with Crippen LogP contribution in [-0.4, -0.2) is 61.8 Å². The summed E-state index contributed by atoms with van der Waals surface area (Å²) < 4.78 is 41.9. The van der Waals surface area contributed by atoms with Gasteiger partial charge in [-0.2, -0.15) is 0 Å². The number of hydrogen-bond acceptors (Lipinski definition) is 9. The van der Waals surface area contributed by atoms with Gasteiger partial charge in [0.1, 0.15) is 11.5 Å². The van der Waals surface area contributed by atoms with Crippen molar-refractivity contribution in [3.8, 4) is 22.8 Å². The summed E-state index contributed by atoms with van der Waals surface area (Å²) >= 11 is 0. The molecular formula is C25H28N4O9S. The zero-order valence-electron chi connectivity index (χ0n) is 21.6. The Morgan fingerprint density at radius 2 is 1.82 bits per heavy atom. The maximum Gasteiger partial charge on any atom is 0.335 e. The van der Waals surface area contributed by atoms with Gasteiger partial charge in [-0.1, -0.05) is 0 Å². The molecule has 0 aliphatic carbocycles. The topological polar surface area (TPSA) is 186 Å². The zero-order valence-corrected chi connectivity index (χ0v) is 22.4. The maximum atomic E-state index is 12.6. The van der Waals surface area contributed by atoms with Crippen molar-refractivity contribution in [2.24, 2.45) is 0 Å². The molecule has 0 radical (unpaired) electrons. The van der Waals surface area contributed by atoms with Crippen LogP contribution < -0.4 is 24.8 Å². The van der Waals surface area contributed by atoms with Crippen LogP contribution in [-0.2, 0) is 19.6 Å². The molecule has 39 heavy (non-hydrogen) atoms. The van der Waals surface area contributed by atoms with Crippen molar-refractivity contribution in [3.05, 3.63) is 54.6 Å². The van der Waals surface area contributed by atoms with Crippen molar-refractivity contribution < 1.29 is 41.8 Å². The number of ether oxygens (including phenoxy) is 2. The average molecular weight is 561 g/mol. The molecule has 0 bridgehead atoms. The molecular weight excluding hydrogens is 532 g/mol. The zero-order chi connectivity index (χ0) is 28.8. The lowest BCUT2D eigenvalue weighted by Crippen LogP contribution is -2.48. The normalized spacial score (nSPS) is 11.4.